The van der Waals surface area contributed by atoms with Gasteiger partial charge in [-0.05, 0) is 45.4 Å². The Morgan fingerprint density at radius 2 is 1.79 bits per heavy atom. The number of benzene rings is 1. The van der Waals surface area contributed by atoms with Gasteiger partial charge < -0.3 is 19.3 Å². The second-order valence-electron chi connectivity index (χ2n) is 7.72. The Morgan fingerprint density at radius 1 is 1.11 bits per heavy atom. The lowest BCUT2D eigenvalue weighted by Crippen LogP contribution is -2.40. The molecule has 0 unspecified atom stereocenters. The van der Waals surface area contributed by atoms with E-state index < -0.39 is 5.60 Å². The Kier molecular flexibility index (Phi) is 6.05. The van der Waals surface area contributed by atoms with Crippen LogP contribution in [0.2, 0.25) is 5.02 Å². The van der Waals surface area contributed by atoms with Crippen LogP contribution in [-0.2, 0) is 4.74 Å². The molecule has 1 saturated heterocycles. The van der Waals surface area contributed by atoms with E-state index in [1.807, 2.05) is 39.0 Å². The third kappa shape index (κ3) is 4.52. The van der Waals surface area contributed by atoms with Crippen molar-refractivity contribution in [3.63, 3.8) is 0 Å². The van der Waals surface area contributed by atoms with E-state index in [1.54, 1.807) is 16.9 Å². The number of nitrogens with zero attached hydrogens (tertiary/aromatic N) is 2. The number of amides is 2. The molecule has 1 aromatic heterocycles. The molecule has 0 spiro atoms. The van der Waals surface area contributed by atoms with Crippen LogP contribution < -0.4 is 4.74 Å². The van der Waals surface area contributed by atoms with Crippen LogP contribution in [0, 0.1) is 0 Å². The maximum Gasteiger partial charge on any atom is 0.410 e. The molecule has 0 radical (unpaired) electrons. The summed E-state index contributed by atoms with van der Waals surface area (Å²) in [5, 5.41) is 1.27. The van der Waals surface area contributed by atoms with Crippen LogP contribution in [0.5, 0.6) is 5.75 Å². The lowest BCUT2D eigenvalue weighted by molar-refractivity contribution is 0.0255. The van der Waals surface area contributed by atoms with Gasteiger partial charge in [0.25, 0.3) is 5.91 Å². The van der Waals surface area contributed by atoms with Crippen LogP contribution in [0.1, 0.15) is 36.9 Å². The Bertz CT molecular complexity index is 890. The highest BCUT2D eigenvalue weighted by Gasteiger charge is 2.28. The molecule has 152 valence electrons. The van der Waals surface area contributed by atoms with E-state index in [2.05, 4.69) is 0 Å². The van der Waals surface area contributed by atoms with Gasteiger partial charge in [0.1, 0.15) is 16.2 Å². The van der Waals surface area contributed by atoms with Crippen molar-refractivity contribution < 1.29 is 19.1 Å². The summed E-state index contributed by atoms with van der Waals surface area (Å²) in [5.41, 5.74) is -0.537. The monoisotopic (exact) mass is 424 g/mol. The first-order chi connectivity index (χ1) is 13.2. The fourth-order valence-corrected chi connectivity index (χ4v) is 4.54. The highest BCUT2D eigenvalue weighted by Crippen LogP contribution is 2.38. The molecule has 6 nitrogen and oxygen atoms in total. The lowest BCUT2D eigenvalue weighted by Gasteiger charge is -2.26. The number of halogens is 1. The third-order valence-corrected chi connectivity index (χ3v) is 6.13. The molecule has 0 atom stereocenters. The highest BCUT2D eigenvalue weighted by molar-refractivity contribution is 7.21. The minimum absolute atomic E-state index is 0.101. The van der Waals surface area contributed by atoms with Crippen molar-refractivity contribution in [3.8, 4) is 5.75 Å². The molecule has 1 fully saturated rings. The van der Waals surface area contributed by atoms with Crippen molar-refractivity contribution in [2.45, 2.75) is 32.8 Å². The summed E-state index contributed by atoms with van der Waals surface area (Å²) in [6, 6.07) is 5.61. The summed E-state index contributed by atoms with van der Waals surface area (Å²) >= 11 is 7.90. The van der Waals surface area contributed by atoms with Crippen LogP contribution in [0.3, 0.4) is 0 Å². The molecule has 1 aromatic carbocycles. The smallest absolute Gasteiger partial charge is 0.410 e. The van der Waals surface area contributed by atoms with Crippen LogP contribution in [0.4, 0.5) is 4.79 Å². The van der Waals surface area contributed by atoms with Crippen LogP contribution >= 0.6 is 22.9 Å². The molecule has 0 N–H and O–H groups in total. The van der Waals surface area contributed by atoms with E-state index in [4.69, 9.17) is 21.1 Å². The lowest BCUT2D eigenvalue weighted by atomic mass is 10.2. The van der Waals surface area contributed by atoms with Crippen molar-refractivity contribution in [2.24, 2.45) is 0 Å². The zero-order valence-electron chi connectivity index (χ0n) is 16.6. The topological polar surface area (TPSA) is 59.1 Å². The molecule has 2 heterocycles. The predicted octanol–water partition coefficient (Wildman–Crippen LogP) is 4.65. The van der Waals surface area contributed by atoms with E-state index in [1.165, 1.54) is 11.3 Å². The number of thiophene rings is 1. The Hall–Kier alpha value is -1.99. The van der Waals surface area contributed by atoms with Gasteiger partial charge in [0.15, 0.2) is 0 Å². The number of fused-ring (bicyclic) bond motifs is 1. The summed E-state index contributed by atoms with van der Waals surface area (Å²) in [4.78, 5) is 29.4. The van der Waals surface area contributed by atoms with Crippen molar-refractivity contribution in [1.82, 2.24) is 9.80 Å². The number of ether oxygens (including phenoxy) is 2. The minimum atomic E-state index is -0.537. The van der Waals surface area contributed by atoms with E-state index >= 15 is 0 Å². The van der Waals surface area contributed by atoms with Gasteiger partial charge >= 0.3 is 6.09 Å². The highest BCUT2D eigenvalue weighted by atomic mass is 35.5. The molecule has 1 aliphatic rings. The van der Waals surface area contributed by atoms with Gasteiger partial charge in [-0.2, -0.15) is 0 Å². The quantitative estimate of drug-likeness (QED) is 0.704. The number of carbonyl (C=O) groups excluding carboxylic acids is 2. The average Bonchev–Trinajstić information content (AvgIpc) is 2.82. The Balaban J connectivity index is 1.74. The molecule has 0 saturated carbocycles. The maximum atomic E-state index is 13.1. The predicted molar refractivity (Wildman–Crippen MR) is 112 cm³/mol. The summed E-state index contributed by atoms with van der Waals surface area (Å²) in [7, 11) is 1.60. The van der Waals surface area contributed by atoms with Gasteiger partial charge in [-0.15, -0.1) is 11.3 Å². The molecule has 0 aliphatic carbocycles. The normalized spacial score (nSPS) is 15.5. The third-order valence-electron chi connectivity index (χ3n) is 4.46. The summed E-state index contributed by atoms with van der Waals surface area (Å²) in [6.45, 7) is 7.57. The number of methoxy groups -OCH3 is 1. The van der Waals surface area contributed by atoms with Gasteiger partial charge in [0.2, 0.25) is 0 Å². The minimum Gasteiger partial charge on any atom is -0.497 e. The molecular formula is C20H25ClN2O4S. The van der Waals surface area contributed by atoms with Crippen molar-refractivity contribution in [3.05, 3.63) is 28.1 Å². The second kappa shape index (κ2) is 8.17. The van der Waals surface area contributed by atoms with Gasteiger partial charge in [-0.3, -0.25) is 4.79 Å². The first-order valence-corrected chi connectivity index (χ1v) is 10.4. The van der Waals surface area contributed by atoms with Gasteiger partial charge in [-0.1, -0.05) is 11.6 Å². The van der Waals surface area contributed by atoms with E-state index in [9.17, 15) is 9.59 Å². The summed E-state index contributed by atoms with van der Waals surface area (Å²) in [5.74, 6) is 0.602. The number of rotatable bonds is 2. The molecule has 0 bridgehead atoms. The first-order valence-electron chi connectivity index (χ1n) is 9.23. The molecule has 28 heavy (non-hydrogen) atoms. The van der Waals surface area contributed by atoms with Gasteiger partial charge in [0.05, 0.1) is 12.1 Å². The number of hydrogen-bond acceptors (Lipinski definition) is 5. The molecular weight excluding hydrogens is 400 g/mol. The Labute approximate surface area is 173 Å². The largest absolute Gasteiger partial charge is 0.497 e. The second-order valence-corrected chi connectivity index (χ2v) is 9.15. The zero-order chi connectivity index (χ0) is 20.5. The van der Waals surface area contributed by atoms with E-state index in [0.29, 0.717) is 48.2 Å². The van der Waals surface area contributed by atoms with E-state index in [-0.39, 0.29) is 12.0 Å². The van der Waals surface area contributed by atoms with E-state index in [0.717, 1.165) is 10.1 Å². The molecule has 1 aliphatic heterocycles. The number of hydrogen-bond donors (Lipinski definition) is 0. The van der Waals surface area contributed by atoms with Crippen molar-refractivity contribution in [2.75, 3.05) is 33.3 Å². The number of carbonyl (C=O) groups is 2. The van der Waals surface area contributed by atoms with Crippen LogP contribution in [0.15, 0.2) is 18.2 Å². The van der Waals surface area contributed by atoms with Crippen molar-refractivity contribution in [1.29, 1.82) is 0 Å². The van der Waals surface area contributed by atoms with Crippen LogP contribution in [0.25, 0.3) is 10.1 Å². The maximum absolute atomic E-state index is 13.1. The van der Waals surface area contributed by atoms with Gasteiger partial charge in [-0.25, -0.2) is 4.79 Å². The Morgan fingerprint density at radius 3 is 2.46 bits per heavy atom. The average molecular weight is 425 g/mol. The first kappa shape index (κ1) is 20.7. The molecule has 2 amide bonds. The van der Waals surface area contributed by atoms with Crippen molar-refractivity contribution >= 4 is 45.0 Å². The van der Waals surface area contributed by atoms with Gasteiger partial charge in [0, 0.05) is 36.3 Å². The molecule has 2 aromatic rings. The molecule has 8 heteroatoms. The van der Waals surface area contributed by atoms with Crippen LogP contribution in [-0.4, -0.2) is 60.7 Å². The standard InChI is InChI=1S/C20H25ClN2O4S/c1-20(2,3)27-19(25)23-9-5-8-22(10-11-23)18(24)17-16(21)14-12-13(26-4)6-7-15(14)28-17/h6-7,12H,5,8-11H2,1-4H3. The zero-order valence-corrected chi connectivity index (χ0v) is 18.2. The summed E-state index contributed by atoms with van der Waals surface area (Å²) in [6.07, 6.45) is 0.357. The summed E-state index contributed by atoms with van der Waals surface area (Å²) < 4.78 is 11.6. The SMILES string of the molecule is COc1ccc2sc(C(=O)N3CCCN(C(=O)OC(C)(C)C)CC3)c(Cl)c2c1. The molecule has 3 rings (SSSR count). The fraction of sp³-hybridized carbons (Fsp3) is 0.500. The fourth-order valence-electron chi connectivity index (χ4n) is 3.08.